The zero-order valence-corrected chi connectivity index (χ0v) is 20.2. The Hall–Kier alpha value is -3.91. The molecular formula is C27H29N5O3. The fraction of sp³-hybridized carbons (Fsp3) is 0.296. The molecule has 8 nitrogen and oxygen atoms in total. The lowest BCUT2D eigenvalue weighted by atomic mass is 10.1. The summed E-state index contributed by atoms with van der Waals surface area (Å²) in [6, 6.07) is 13.5. The Labute approximate surface area is 204 Å². The van der Waals surface area contributed by atoms with Gasteiger partial charge >= 0.3 is 0 Å². The molecule has 2 aromatic heterocycles. The molecule has 1 aliphatic rings. The van der Waals surface area contributed by atoms with E-state index in [0.29, 0.717) is 23.1 Å². The van der Waals surface area contributed by atoms with Gasteiger partial charge in [-0.2, -0.15) is 0 Å². The minimum absolute atomic E-state index is 0.161. The maximum Gasteiger partial charge on any atom is 0.162 e. The predicted octanol–water partition coefficient (Wildman–Crippen LogP) is 5.35. The summed E-state index contributed by atoms with van der Waals surface area (Å²) in [6.07, 6.45) is 7.10. The highest BCUT2D eigenvalue weighted by Gasteiger charge is 2.21. The molecule has 2 aromatic carbocycles. The van der Waals surface area contributed by atoms with Gasteiger partial charge < -0.3 is 24.4 Å². The maximum absolute atomic E-state index is 6.37. The number of aryl methyl sites for hydroxylation is 1. The van der Waals surface area contributed by atoms with Gasteiger partial charge in [0.25, 0.3) is 0 Å². The van der Waals surface area contributed by atoms with Crippen LogP contribution in [-0.4, -0.2) is 53.2 Å². The lowest BCUT2D eigenvalue weighted by Gasteiger charge is -2.29. The van der Waals surface area contributed by atoms with Gasteiger partial charge in [-0.3, -0.25) is 4.98 Å². The van der Waals surface area contributed by atoms with Crippen molar-refractivity contribution >= 4 is 22.4 Å². The van der Waals surface area contributed by atoms with Gasteiger partial charge in [-0.15, -0.1) is 0 Å². The van der Waals surface area contributed by atoms with Crippen molar-refractivity contribution in [3.05, 3.63) is 66.7 Å². The predicted molar refractivity (Wildman–Crippen MR) is 136 cm³/mol. The summed E-state index contributed by atoms with van der Waals surface area (Å²) in [5.41, 5.74) is 2.67. The van der Waals surface area contributed by atoms with Crippen molar-refractivity contribution in [2.75, 3.05) is 32.6 Å². The van der Waals surface area contributed by atoms with Crippen LogP contribution >= 0.6 is 0 Å². The molecule has 0 aliphatic carbocycles. The van der Waals surface area contributed by atoms with Gasteiger partial charge in [-0.25, -0.2) is 9.97 Å². The summed E-state index contributed by atoms with van der Waals surface area (Å²) in [7, 11) is 3.79. The van der Waals surface area contributed by atoms with E-state index >= 15 is 0 Å². The van der Waals surface area contributed by atoms with Crippen LogP contribution in [-0.2, 0) is 0 Å². The number of nitrogens with zero attached hydrogens (tertiary/aromatic N) is 4. The number of aromatic nitrogens is 3. The largest absolute Gasteiger partial charge is 0.493 e. The number of ether oxygens (including phenoxy) is 3. The Morgan fingerprint density at radius 1 is 1.00 bits per heavy atom. The highest BCUT2D eigenvalue weighted by Crippen LogP contribution is 2.36. The van der Waals surface area contributed by atoms with Crippen molar-refractivity contribution in [1.82, 2.24) is 19.9 Å². The van der Waals surface area contributed by atoms with E-state index in [9.17, 15) is 0 Å². The van der Waals surface area contributed by atoms with E-state index in [0.717, 1.165) is 53.8 Å². The molecule has 1 saturated heterocycles. The van der Waals surface area contributed by atoms with E-state index in [1.807, 2.05) is 49.4 Å². The molecule has 0 amide bonds. The molecule has 0 bridgehead atoms. The van der Waals surface area contributed by atoms with E-state index in [-0.39, 0.29) is 6.10 Å². The first-order valence-electron chi connectivity index (χ1n) is 11.7. The molecule has 3 heterocycles. The van der Waals surface area contributed by atoms with E-state index in [1.54, 1.807) is 25.8 Å². The average molecular weight is 472 g/mol. The Bertz CT molecular complexity index is 1310. The summed E-state index contributed by atoms with van der Waals surface area (Å²) in [4.78, 5) is 15.4. The van der Waals surface area contributed by atoms with Crippen LogP contribution in [0.25, 0.3) is 10.9 Å². The van der Waals surface area contributed by atoms with Crippen LogP contribution in [0.1, 0.15) is 18.4 Å². The van der Waals surface area contributed by atoms with Crippen LogP contribution < -0.4 is 19.5 Å². The fourth-order valence-corrected chi connectivity index (χ4v) is 4.21. The molecule has 0 atom stereocenters. The van der Waals surface area contributed by atoms with Gasteiger partial charge in [-0.05, 0) is 68.8 Å². The quantitative estimate of drug-likeness (QED) is 0.386. The van der Waals surface area contributed by atoms with Gasteiger partial charge in [0, 0.05) is 36.4 Å². The van der Waals surface area contributed by atoms with Crippen molar-refractivity contribution in [3.8, 4) is 23.0 Å². The number of likely N-dealkylation sites (tertiary alicyclic amines) is 1. The topological polar surface area (TPSA) is 81.6 Å². The number of benzene rings is 2. The van der Waals surface area contributed by atoms with Gasteiger partial charge in [0.1, 0.15) is 29.7 Å². The van der Waals surface area contributed by atoms with E-state index < -0.39 is 0 Å². The first kappa shape index (κ1) is 22.9. The third-order valence-corrected chi connectivity index (χ3v) is 6.18. The Kier molecular flexibility index (Phi) is 6.63. The van der Waals surface area contributed by atoms with Gasteiger partial charge in [0.05, 0.1) is 18.8 Å². The summed E-state index contributed by atoms with van der Waals surface area (Å²) < 4.78 is 17.9. The summed E-state index contributed by atoms with van der Waals surface area (Å²) in [5, 5.41) is 4.30. The molecule has 180 valence electrons. The molecule has 0 unspecified atom stereocenters. The number of nitrogens with one attached hydrogen (secondary N) is 1. The Balaban J connectivity index is 1.40. The highest BCUT2D eigenvalue weighted by atomic mass is 16.5. The van der Waals surface area contributed by atoms with Crippen molar-refractivity contribution in [2.24, 2.45) is 0 Å². The van der Waals surface area contributed by atoms with Crippen molar-refractivity contribution < 1.29 is 14.2 Å². The summed E-state index contributed by atoms with van der Waals surface area (Å²) in [5.74, 6) is 3.56. The van der Waals surface area contributed by atoms with Gasteiger partial charge in [0.2, 0.25) is 0 Å². The number of hydrogen-bond donors (Lipinski definition) is 1. The number of rotatable bonds is 7. The van der Waals surface area contributed by atoms with Gasteiger partial charge in [0.15, 0.2) is 11.5 Å². The minimum Gasteiger partial charge on any atom is -0.493 e. The molecule has 1 N–H and O–H groups in total. The standard InChI is InChI=1S/C27H29N5O3/c1-18-13-19(6-7-24(18)35-21-5-4-10-28-16-21)31-27-22-14-26(34-20-8-11-32(2)12-9-20)25(33-3)15-23(22)29-17-30-27/h4-7,10,13-17,20H,8-9,11-12H2,1-3H3,(H,29,30,31). The molecule has 4 aromatic rings. The van der Waals surface area contributed by atoms with Crippen LogP contribution in [0.15, 0.2) is 61.2 Å². The molecule has 8 heteroatoms. The van der Waals surface area contributed by atoms with Crippen molar-refractivity contribution in [1.29, 1.82) is 0 Å². The summed E-state index contributed by atoms with van der Waals surface area (Å²) >= 11 is 0. The number of fused-ring (bicyclic) bond motifs is 1. The first-order valence-corrected chi connectivity index (χ1v) is 11.7. The third-order valence-electron chi connectivity index (χ3n) is 6.18. The normalized spacial score (nSPS) is 14.6. The third kappa shape index (κ3) is 5.27. The smallest absolute Gasteiger partial charge is 0.162 e. The molecular weight excluding hydrogens is 442 g/mol. The molecule has 5 rings (SSSR count). The maximum atomic E-state index is 6.37. The number of anilines is 2. The molecule has 1 aliphatic heterocycles. The zero-order valence-electron chi connectivity index (χ0n) is 20.2. The molecule has 0 saturated carbocycles. The second-order valence-corrected chi connectivity index (χ2v) is 8.76. The van der Waals surface area contributed by atoms with Crippen LogP contribution in [0.2, 0.25) is 0 Å². The SMILES string of the molecule is COc1cc2ncnc(Nc3ccc(Oc4cccnc4)c(C)c3)c2cc1OC1CCN(C)CC1. The lowest BCUT2D eigenvalue weighted by Crippen LogP contribution is -2.35. The zero-order chi connectivity index (χ0) is 24.2. The number of methoxy groups -OCH3 is 1. The second kappa shape index (κ2) is 10.1. The van der Waals surface area contributed by atoms with Crippen LogP contribution in [0.5, 0.6) is 23.0 Å². The number of piperidine rings is 1. The van der Waals surface area contributed by atoms with E-state index in [2.05, 4.69) is 32.2 Å². The van der Waals surface area contributed by atoms with Gasteiger partial charge in [-0.1, -0.05) is 0 Å². The molecule has 0 spiro atoms. The summed E-state index contributed by atoms with van der Waals surface area (Å²) in [6.45, 7) is 4.06. The minimum atomic E-state index is 0.161. The number of pyridine rings is 1. The molecule has 1 fully saturated rings. The molecule has 0 radical (unpaired) electrons. The fourth-order valence-electron chi connectivity index (χ4n) is 4.21. The van der Waals surface area contributed by atoms with E-state index in [1.165, 1.54) is 0 Å². The second-order valence-electron chi connectivity index (χ2n) is 8.76. The highest BCUT2D eigenvalue weighted by molar-refractivity contribution is 5.93. The van der Waals surface area contributed by atoms with Crippen LogP contribution in [0.3, 0.4) is 0 Å². The Morgan fingerprint density at radius 3 is 2.60 bits per heavy atom. The van der Waals surface area contributed by atoms with Crippen molar-refractivity contribution in [3.63, 3.8) is 0 Å². The first-order chi connectivity index (χ1) is 17.1. The monoisotopic (exact) mass is 471 g/mol. The lowest BCUT2D eigenvalue weighted by molar-refractivity contribution is 0.111. The number of hydrogen-bond acceptors (Lipinski definition) is 8. The Morgan fingerprint density at radius 2 is 1.86 bits per heavy atom. The van der Waals surface area contributed by atoms with Crippen LogP contribution in [0, 0.1) is 6.92 Å². The van der Waals surface area contributed by atoms with Crippen LogP contribution in [0.4, 0.5) is 11.5 Å². The van der Waals surface area contributed by atoms with Crippen molar-refractivity contribution in [2.45, 2.75) is 25.9 Å². The average Bonchev–Trinajstić information content (AvgIpc) is 2.87. The molecule has 35 heavy (non-hydrogen) atoms. The van der Waals surface area contributed by atoms with E-state index in [4.69, 9.17) is 14.2 Å².